The highest BCUT2D eigenvalue weighted by atomic mass is 16.6. The normalized spacial score (nSPS) is 10.1. The molecule has 1 aromatic heterocycles. The van der Waals surface area contributed by atoms with E-state index in [0.717, 1.165) is 11.4 Å². The van der Waals surface area contributed by atoms with Crippen LogP contribution in [0.5, 0.6) is 5.75 Å². The first-order valence-electron chi connectivity index (χ1n) is 6.12. The molecule has 20 heavy (non-hydrogen) atoms. The molecule has 2 aromatic rings. The lowest BCUT2D eigenvalue weighted by Gasteiger charge is -2.09. The van der Waals surface area contributed by atoms with Crippen molar-refractivity contribution in [2.45, 2.75) is 13.5 Å². The van der Waals surface area contributed by atoms with Gasteiger partial charge in [-0.3, -0.25) is 10.1 Å². The molecule has 1 N–H and O–H groups in total. The fraction of sp³-hybridized carbons (Fsp3) is 0.231. The highest BCUT2D eigenvalue weighted by Crippen LogP contribution is 2.30. The van der Waals surface area contributed by atoms with E-state index in [9.17, 15) is 10.1 Å². The fourth-order valence-corrected chi connectivity index (χ4v) is 1.67. The van der Waals surface area contributed by atoms with Crippen LogP contribution >= 0.6 is 0 Å². The van der Waals surface area contributed by atoms with Crippen molar-refractivity contribution in [2.24, 2.45) is 0 Å². The van der Waals surface area contributed by atoms with Gasteiger partial charge in [-0.1, -0.05) is 0 Å². The van der Waals surface area contributed by atoms with Gasteiger partial charge in [0.15, 0.2) is 5.75 Å². The molecule has 7 nitrogen and oxygen atoms in total. The van der Waals surface area contributed by atoms with Crippen molar-refractivity contribution in [1.82, 2.24) is 10.2 Å². The Morgan fingerprint density at radius 1 is 1.40 bits per heavy atom. The Labute approximate surface area is 115 Å². The van der Waals surface area contributed by atoms with Crippen LogP contribution in [0, 0.1) is 10.1 Å². The summed E-state index contributed by atoms with van der Waals surface area (Å²) in [5, 5.41) is 21.7. The molecule has 0 radical (unpaired) electrons. The van der Waals surface area contributed by atoms with Crippen LogP contribution in [0.2, 0.25) is 0 Å². The molecule has 0 unspecified atom stereocenters. The Morgan fingerprint density at radius 2 is 2.25 bits per heavy atom. The second-order valence-electron chi connectivity index (χ2n) is 3.94. The Kier molecular flexibility index (Phi) is 4.43. The second kappa shape index (κ2) is 6.46. The van der Waals surface area contributed by atoms with Crippen molar-refractivity contribution in [3.8, 4) is 5.75 Å². The highest BCUT2D eigenvalue weighted by molar-refractivity contribution is 5.58. The molecule has 0 saturated carbocycles. The summed E-state index contributed by atoms with van der Waals surface area (Å²) in [6.07, 6.45) is 1.60. The number of hydrogen-bond acceptors (Lipinski definition) is 6. The predicted octanol–water partition coefficient (Wildman–Crippen LogP) is 2.40. The number of hydrogen-bond donors (Lipinski definition) is 1. The fourth-order valence-electron chi connectivity index (χ4n) is 1.67. The van der Waals surface area contributed by atoms with Crippen molar-refractivity contribution in [3.05, 3.63) is 52.3 Å². The summed E-state index contributed by atoms with van der Waals surface area (Å²) in [6, 6.07) is 8.30. The van der Waals surface area contributed by atoms with Gasteiger partial charge < -0.3 is 10.1 Å². The molecule has 0 bridgehead atoms. The average molecular weight is 274 g/mol. The first kappa shape index (κ1) is 13.7. The van der Waals surface area contributed by atoms with Crippen molar-refractivity contribution in [1.29, 1.82) is 0 Å². The van der Waals surface area contributed by atoms with Crippen LogP contribution in [-0.4, -0.2) is 21.7 Å². The number of nitrogens with one attached hydrogen (secondary N) is 1. The van der Waals surface area contributed by atoms with Crippen molar-refractivity contribution in [3.63, 3.8) is 0 Å². The zero-order valence-electron chi connectivity index (χ0n) is 10.9. The number of nitrogens with zero attached hydrogens (tertiary/aromatic N) is 3. The molecule has 1 heterocycles. The third kappa shape index (κ3) is 3.41. The van der Waals surface area contributed by atoms with Crippen LogP contribution in [0.4, 0.5) is 11.4 Å². The van der Waals surface area contributed by atoms with Crippen LogP contribution < -0.4 is 10.1 Å². The van der Waals surface area contributed by atoms with Crippen LogP contribution in [0.1, 0.15) is 12.6 Å². The van der Waals surface area contributed by atoms with Gasteiger partial charge in [0.05, 0.1) is 23.8 Å². The molecular weight excluding hydrogens is 260 g/mol. The quantitative estimate of drug-likeness (QED) is 0.642. The molecule has 0 atom stereocenters. The summed E-state index contributed by atoms with van der Waals surface area (Å²) in [5.41, 5.74) is 1.46. The van der Waals surface area contributed by atoms with E-state index >= 15 is 0 Å². The predicted molar refractivity (Wildman–Crippen MR) is 73.6 cm³/mol. The lowest BCUT2D eigenvalue weighted by molar-refractivity contribution is -0.385. The Hall–Kier alpha value is -2.70. The summed E-state index contributed by atoms with van der Waals surface area (Å²) in [6.45, 7) is 2.63. The third-order valence-electron chi connectivity index (χ3n) is 2.56. The molecule has 0 fully saturated rings. The summed E-state index contributed by atoms with van der Waals surface area (Å²) < 4.78 is 5.28. The van der Waals surface area contributed by atoms with E-state index in [-0.39, 0.29) is 11.4 Å². The molecule has 0 aliphatic rings. The molecule has 0 saturated heterocycles. The summed E-state index contributed by atoms with van der Waals surface area (Å²) in [7, 11) is 0. The van der Waals surface area contributed by atoms with Gasteiger partial charge in [0.25, 0.3) is 0 Å². The Morgan fingerprint density at radius 3 is 2.90 bits per heavy atom. The number of aromatic nitrogens is 2. The third-order valence-corrected chi connectivity index (χ3v) is 2.56. The standard InChI is InChI=1S/C13H14N4O3/c1-2-20-13-8-10(5-6-12(13)17(18)19)14-9-11-4-3-7-15-16-11/h3-8,14H,2,9H2,1H3. The smallest absolute Gasteiger partial charge is 0.311 e. The molecule has 104 valence electrons. The van der Waals surface area contributed by atoms with Gasteiger partial charge in [0.1, 0.15) is 0 Å². The minimum atomic E-state index is -0.461. The minimum absolute atomic E-state index is 0.0445. The first-order valence-corrected chi connectivity index (χ1v) is 6.12. The van der Waals surface area contributed by atoms with E-state index in [4.69, 9.17) is 4.74 Å². The number of rotatable bonds is 6. The highest BCUT2D eigenvalue weighted by Gasteiger charge is 2.15. The van der Waals surface area contributed by atoms with Gasteiger partial charge >= 0.3 is 5.69 Å². The molecule has 2 rings (SSSR count). The number of benzene rings is 1. The number of anilines is 1. The maximum Gasteiger partial charge on any atom is 0.311 e. The van der Waals surface area contributed by atoms with Gasteiger partial charge in [-0.2, -0.15) is 10.2 Å². The molecule has 0 spiro atoms. The average Bonchev–Trinajstić information content (AvgIpc) is 2.46. The largest absolute Gasteiger partial charge is 0.487 e. The topological polar surface area (TPSA) is 90.2 Å². The van der Waals surface area contributed by atoms with Gasteiger partial charge in [-0.15, -0.1) is 0 Å². The van der Waals surface area contributed by atoms with E-state index in [1.165, 1.54) is 6.07 Å². The van der Waals surface area contributed by atoms with E-state index < -0.39 is 4.92 Å². The lowest BCUT2D eigenvalue weighted by Crippen LogP contribution is -2.03. The Balaban J connectivity index is 2.12. The van der Waals surface area contributed by atoms with Gasteiger partial charge in [0, 0.05) is 24.0 Å². The van der Waals surface area contributed by atoms with E-state index in [2.05, 4.69) is 15.5 Å². The summed E-state index contributed by atoms with van der Waals surface area (Å²) >= 11 is 0. The maximum atomic E-state index is 10.9. The van der Waals surface area contributed by atoms with Gasteiger partial charge in [-0.25, -0.2) is 0 Å². The maximum absolute atomic E-state index is 10.9. The van der Waals surface area contributed by atoms with E-state index in [1.807, 2.05) is 6.07 Å². The zero-order chi connectivity index (χ0) is 14.4. The molecule has 0 aliphatic heterocycles. The van der Waals surface area contributed by atoms with Gasteiger partial charge in [-0.05, 0) is 25.1 Å². The number of nitro groups is 1. The van der Waals surface area contributed by atoms with Crippen molar-refractivity contribution < 1.29 is 9.66 Å². The monoisotopic (exact) mass is 274 g/mol. The Bertz CT molecular complexity index is 589. The molecule has 0 aliphatic carbocycles. The van der Waals surface area contributed by atoms with Crippen LogP contribution in [-0.2, 0) is 6.54 Å². The summed E-state index contributed by atoms with van der Waals surface area (Å²) in [5.74, 6) is 0.252. The first-order chi connectivity index (χ1) is 9.70. The van der Waals surface area contributed by atoms with Crippen LogP contribution in [0.15, 0.2) is 36.5 Å². The zero-order valence-corrected chi connectivity index (χ0v) is 10.9. The van der Waals surface area contributed by atoms with E-state index in [1.54, 1.807) is 31.3 Å². The minimum Gasteiger partial charge on any atom is -0.487 e. The number of ether oxygens (including phenoxy) is 1. The van der Waals surface area contributed by atoms with Crippen molar-refractivity contribution in [2.75, 3.05) is 11.9 Å². The molecule has 0 amide bonds. The van der Waals surface area contributed by atoms with Crippen LogP contribution in [0.3, 0.4) is 0 Å². The van der Waals surface area contributed by atoms with Gasteiger partial charge in [0.2, 0.25) is 0 Å². The SMILES string of the molecule is CCOc1cc(NCc2cccnn2)ccc1[N+](=O)[O-]. The molecular formula is C13H14N4O3. The van der Waals surface area contributed by atoms with Crippen LogP contribution in [0.25, 0.3) is 0 Å². The molecule has 7 heteroatoms. The molecule has 1 aromatic carbocycles. The van der Waals surface area contributed by atoms with E-state index in [0.29, 0.717) is 13.2 Å². The second-order valence-corrected chi connectivity index (χ2v) is 3.94. The number of nitro benzene ring substituents is 1. The summed E-state index contributed by atoms with van der Waals surface area (Å²) in [4.78, 5) is 10.4. The van der Waals surface area contributed by atoms with Crippen molar-refractivity contribution >= 4 is 11.4 Å². The lowest BCUT2D eigenvalue weighted by atomic mass is 10.2.